The molecule has 0 aromatic carbocycles. The second-order valence-corrected chi connectivity index (χ2v) is 11.1. The van der Waals surface area contributed by atoms with E-state index in [4.69, 9.17) is 8.85 Å². The first kappa shape index (κ1) is 18.4. The molecule has 0 aromatic rings. The summed E-state index contributed by atoms with van der Waals surface area (Å²) in [6, 6.07) is 0. The van der Waals surface area contributed by atoms with Gasteiger partial charge in [0, 0.05) is 23.3 Å². The number of rotatable bonds is 6. The van der Waals surface area contributed by atoms with Crippen LogP contribution >= 0.6 is 0 Å². The summed E-state index contributed by atoms with van der Waals surface area (Å²) in [7, 11) is -2.64. The van der Waals surface area contributed by atoms with Crippen LogP contribution in [0.15, 0.2) is 48.6 Å². The largest absolute Gasteiger partial charge is 0.394 e. The van der Waals surface area contributed by atoms with E-state index in [0.29, 0.717) is 25.0 Å². The fourth-order valence-corrected chi connectivity index (χ4v) is 9.47. The summed E-state index contributed by atoms with van der Waals surface area (Å²) in [6.07, 6.45) is 17.9. The molecule has 4 atom stereocenters. The summed E-state index contributed by atoms with van der Waals surface area (Å²) >= 11 is 0. The molecule has 128 valence electrons. The van der Waals surface area contributed by atoms with Crippen molar-refractivity contribution in [1.29, 1.82) is 0 Å². The van der Waals surface area contributed by atoms with E-state index < -0.39 is 8.56 Å². The van der Waals surface area contributed by atoms with Gasteiger partial charge < -0.3 is 8.85 Å². The molecule has 0 aromatic heterocycles. The smallest absolute Gasteiger partial charge is 0.359 e. The summed E-state index contributed by atoms with van der Waals surface area (Å²) in [4.78, 5) is 0. The zero-order valence-electron chi connectivity index (χ0n) is 15.5. The van der Waals surface area contributed by atoms with Crippen molar-refractivity contribution in [1.82, 2.24) is 0 Å². The predicted octanol–water partition coefficient (Wildman–Crippen LogP) is 5.55. The maximum Gasteiger partial charge on any atom is 0.359 e. The Bertz CT molecular complexity index is 486. The highest BCUT2D eigenvalue weighted by molar-refractivity contribution is 6.75. The Morgan fingerprint density at radius 1 is 0.783 bits per heavy atom. The summed E-state index contributed by atoms with van der Waals surface area (Å²) in [6.45, 7) is 14.8. The monoisotopic (exact) mass is 332 g/mol. The molecule has 0 saturated carbocycles. The molecule has 0 bridgehead atoms. The molecule has 2 rings (SSSR count). The van der Waals surface area contributed by atoms with Crippen molar-refractivity contribution in [3.63, 3.8) is 0 Å². The van der Waals surface area contributed by atoms with Gasteiger partial charge in [-0.3, -0.25) is 0 Å². The van der Waals surface area contributed by atoms with Crippen LogP contribution in [0.25, 0.3) is 0 Å². The predicted molar refractivity (Wildman–Crippen MR) is 101 cm³/mol. The van der Waals surface area contributed by atoms with Gasteiger partial charge in [0.2, 0.25) is 0 Å². The summed E-state index contributed by atoms with van der Waals surface area (Å²) in [5.41, 5.74) is 0. The van der Waals surface area contributed by atoms with Crippen LogP contribution in [0.4, 0.5) is 0 Å². The van der Waals surface area contributed by atoms with E-state index in [1.165, 1.54) is 0 Å². The standard InChI is InChI=1S/C20H32O2Si/c1-7-21-23(22-8-2,19(5)15-11-9-13-17(19)3)20(6)16-12-10-14-18(20)4/h9-18H,7-8H2,1-6H3. The fraction of sp³-hybridized carbons (Fsp3) is 0.600. The third kappa shape index (κ3) is 2.73. The molecular formula is C20H32O2Si. The Morgan fingerprint density at radius 3 is 1.48 bits per heavy atom. The van der Waals surface area contributed by atoms with Crippen molar-refractivity contribution >= 4 is 8.56 Å². The van der Waals surface area contributed by atoms with Crippen molar-refractivity contribution in [2.24, 2.45) is 11.8 Å². The summed E-state index contributed by atoms with van der Waals surface area (Å²) < 4.78 is 13.3. The molecule has 2 aliphatic rings. The molecule has 0 heterocycles. The van der Waals surface area contributed by atoms with Crippen molar-refractivity contribution in [3.05, 3.63) is 48.6 Å². The fourth-order valence-electron chi connectivity index (χ4n) is 4.15. The minimum atomic E-state index is -2.64. The molecule has 0 radical (unpaired) electrons. The zero-order chi connectivity index (χ0) is 17.1. The van der Waals surface area contributed by atoms with Crippen molar-refractivity contribution in [2.75, 3.05) is 13.2 Å². The maximum atomic E-state index is 6.64. The first-order chi connectivity index (χ1) is 10.9. The Labute approximate surface area is 143 Å². The van der Waals surface area contributed by atoms with Crippen LogP contribution in [0.5, 0.6) is 0 Å². The van der Waals surface area contributed by atoms with Gasteiger partial charge in [-0.05, 0) is 25.7 Å². The van der Waals surface area contributed by atoms with Crippen LogP contribution in [0.2, 0.25) is 10.1 Å². The normalized spacial score (nSPS) is 36.6. The molecule has 23 heavy (non-hydrogen) atoms. The molecule has 0 amide bonds. The lowest BCUT2D eigenvalue weighted by Crippen LogP contribution is -2.63. The van der Waals surface area contributed by atoms with Crippen LogP contribution < -0.4 is 0 Å². The van der Waals surface area contributed by atoms with Gasteiger partial charge >= 0.3 is 8.56 Å². The summed E-state index contributed by atoms with van der Waals surface area (Å²) in [5.74, 6) is 0.779. The van der Waals surface area contributed by atoms with Gasteiger partial charge in [-0.1, -0.05) is 76.3 Å². The van der Waals surface area contributed by atoms with Crippen molar-refractivity contribution in [2.45, 2.75) is 51.6 Å². The average molecular weight is 333 g/mol. The highest BCUT2D eigenvalue weighted by Crippen LogP contribution is 2.62. The Kier molecular flexibility index (Phi) is 5.54. The first-order valence-corrected chi connectivity index (χ1v) is 10.7. The lowest BCUT2D eigenvalue weighted by molar-refractivity contribution is 0.127. The SMILES string of the molecule is CCO[Si](OCC)(C1(C)C=CC=CC1C)C1(C)C=CC=CC1C. The molecule has 0 N–H and O–H groups in total. The molecule has 0 aliphatic heterocycles. The Hall–Kier alpha value is -0.903. The quantitative estimate of drug-likeness (QED) is 0.594. The molecule has 0 saturated heterocycles. The minimum Gasteiger partial charge on any atom is -0.394 e. The van der Waals surface area contributed by atoms with Gasteiger partial charge in [0.05, 0.1) is 0 Å². The van der Waals surface area contributed by atoms with Crippen molar-refractivity contribution in [3.8, 4) is 0 Å². The number of hydrogen-bond donors (Lipinski definition) is 0. The molecule has 0 spiro atoms. The van der Waals surface area contributed by atoms with E-state index in [-0.39, 0.29) is 10.1 Å². The maximum absolute atomic E-state index is 6.64. The van der Waals surface area contributed by atoms with Gasteiger partial charge in [0.25, 0.3) is 0 Å². The third-order valence-corrected chi connectivity index (χ3v) is 11.4. The number of hydrogen-bond acceptors (Lipinski definition) is 2. The second-order valence-electron chi connectivity index (χ2n) is 7.11. The van der Waals surface area contributed by atoms with Crippen LogP contribution in [0.3, 0.4) is 0 Å². The van der Waals surface area contributed by atoms with Crippen LogP contribution in [0, 0.1) is 11.8 Å². The molecule has 3 heteroatoms. The lowest BCUT2D eigenvalue weighted by atomic mass is 9.89. The van der Waals surface area contributed by atoms with E-state index >= 15 is 0 Å². The summed E-state index contributed by atoms with van der Waals surface area (Å²) in [5, 5.41) is -0.210. The van der Waals surface area contributed by atoms with Crippen LogP contribution in [-0.2, 0) is 8.85 Å². The lowest BCUT2D eigenvalue weighted by Gasteiger charge is -2.56. The highest BCUT2D eigenvalue weighted by atomic mass is 28.4. The van der Waals surface area contributed by atoms with Crippen LogP contribution in [-0.4, -0.2) is 21.8 Å². The van der Waals surface area contributed by atoms with E-state index in [1.54, 1.807) is 0 Å². The van der Waals surface area contributed by atoms with Gasteiger partial charge in [-0.2, -0.15) is 0 Å². The minimum absolute atomic E-state index is 0.105. The van der Waals surface area contributed by atoms with Gasteiger partial charge in [0.1, 0.15) is 0 Å². The van der Waals surface area contributed by atoms with Crippen molar-refractivity contribution < 1.29 is 8.85 Å². The number of allylic oxidation sites excluding steroid dienone is 8. The zero-order valence-corrected chi connectivity index (χ0v) is 16.5. The van der Waals surface area contributed by atoms with Gasteiger partial charge in [-0.15, -0.1) is 0 Å². The molecular weight excluding hydrogens is 300 g/mol. The van der Waals surface area contributed by atoms with E-state index in [0.717, 1.165) is 0 Å². The van der Waals surface area contributed by atoms with Gasteiger partial charge in [-0.25, -0.2) is 0 Å². The van der Waals surface area contributed by atoms with Gasteiger partial charge in [0.15, 0.2) is 0 Å². The topological polar surface area (TPSA) is 18.5 Å². The van der Waals surface area contributed by atoms with E-state index in [9.17, 15) is 0 Å². The third-order valence-electron chi connectivity index (χ3n) is 5.91. The first-order valence-electron chi connectivity index (χ1n) is 8.88. The average Bonchev–Trinajstić information content (AvgIpc) is 2.52. The molecule has 2 nitrogen and oxygen atoms in total. The second kappa shape index (κ2) is 6.92. The molecule has 0 fully saturated rings. The van der Waals surface area contributed by atoms with Crippen LogP contribution in [0.1, 0.15) is 41.5 Å². The van der Waals surface area contributed by atoms with E-state index in [2.05, 4.69) is 90.2 Å². The highest BCUT2D eigenvalue weighted by Gasteiger charge is 2.66. The molecule has 2 aliphatic carbocycles. The molecule has 4 unspecified atom stereocenters. The van der Waals surface area contributed by atoms with E-state index in [1.807, 2.05) is 0 Å². The Balaban J connectivity index is 2.65. The Morgan fingerprint density at radius 2 is 1.17 bits per heavy atom.